The van der Waals surface area contributed by atoms with Crippen molar-refractivity contribution in [3.05, 3.63) is 23.2 Å². The fourth-order valence-electron chi connectivity index (χ4n) is 2.76. The fourth-order valence-corrected chi connectivity index (χ4v) is 2.93. The van der Waals surface area contributed by atoms with Gasteiger partial charge in [-0.3, -0.25) is 4.79 Å². The van der Waals surface area contributed by atoms with Crippen molar-refractivity contribution in [2.75, 3.05) is 32.1 Å². The molecule has 1 aromatic carbocycles. The maximum atomic E-state index is 12.1. The van der Waals surface area contributed by atoms with Crippen molar-refractivity contribution in [3.63, 3.8) is 0 Å². The summed E-state index contributed by atoms with van der Waals surface area (Å²) in [5.41, 5.74) is 0.634. The lowest BCUT2D eigenvalue weighted by Gasteiger charge is -2.27. The Hall–Kier alpha value is -1.26. The summed E-state index contributed by atoms with van der Waals surface area (Å²) >= 11 is 5.96. The van der Waals surface area contributed by atoms with Gasteiger partial charge in [0.1, 0.15) is 5.75 Å². The quantitative estimate of drug-likeness (QED) is 0.886. The van der Waals surface area contributed by atoms with Crippen LogP contribution in [-0.2, 0) is 4.79 Å². The minimum absolute atomic E-state index is 0.00895. The van der Waals surface area contributed by atoms with E-state index in [1.54, 1.807) is 25.3 Å². The third-order valence-electron chi connectivity index (χ3n) is 3.71. The molecular weight excluding hydrogens is 276 g/mol. The van der Waals surface area contributed by atoms with Crippen molar-refractivity contribution in [3.8, 4) is 5.75 Å². The summed E-state index contributed by atoms with van der Waals surface area (Å²) in [4.78, 5) is 13.5. The van der Waals surface area contributed by atoms with E-state index in [4.69, 9.17) is 16.3 Å². The molecule has 0 saturated carbocycles. The second-order valence-electron chi connectivity index (χ2n) is 5.52. The summed E-state index contributed by atoms with van der Waals surface area (Å²) in [5, 5.41) is 3.48. The average Bonchev–Trinajstić information content (AvgIpc) is 2.38. The number of carbonyl (C=O) groups is 1. The van der Waals surface area contributed by atoms with Crippen LogP contribution in [0.1, 0.15) is 19.8 Å². The van der Waals surface area contributed by atoms with Gasteiger partial charge in [0.2, 0.25) is 0 Å². The molecule has 2 atom stereocenters. The lowest BCUT2D eigenvalue weighted by atomic mass is 10.0. The number of anilines is 1. The zero-order valence-corrected chi connectivity index (χ0v) is 12.8. The van der Waals surface area contributed by atoms with E-state index in [1.807, 2.05) is 0 Å². The van der Waals surface area contributed by atoms with Gasteiger partial charge in [0.25, 0.3) is 5.91 Å². The molecule has 0 spiro atoms. The Morgan fingerprint density at radius 1 is 1.55 bits per heavy atom. The Morgan fingerprint density at radius 3 is 3.05 bits per heavy atom. The van der Waals surface area contributed by atoms with Gasteiger partial charge in [0.15, 0.2) is 6.54 Å². The van der Waals surface area contributed by atoms with Crippen LogP contribution >= 0.6 is 11.6 Å². The smallest absolute Gasteiger partial charge is 0.279 e. The van der Waals surface area contributed by atoms with Gasteiger partial charge in [-0.2, -0.15) is 0 Å². The first-order chi connectivity index (χ1) is 9.58. The van der Waals surface area contributed by atoms with Crippen molar-refractivity contribution in [2.24, 2.45) is 5.92 Å². The minimum atomic E-state index is 0.00895. The van der Waals surface area contributed by atoms with E-state index < -0.39 is 0 Å². The number of amides is 1. The Bertz CT molecular complexity index is 479. The monoisotopic (exact) mass is 297 g/mol. The van der Waals surface area contributed by atoms with Crippen LogP contribution < -0.4 is 15.0 Å². The van der Waals surface area contributed by atoms with Crippen LogP contribution in [0.15, 0.2) is 18.2 Å². The molecule has 0 aliphatic carbocycles. The molecule has 1 saturated heterocycles. The minimum Gasteiger partial charge on any atom is -0.495 e. The van der Waals surface area contributed by atoms with Crippen LogP contribution in [0.25, 0.3) is 0 Å². The second-order valence-corrected chi connectivity index (χ2v) is 5.96. The molecule has 1 fully saturated rings. The number of likely N-dealkylation sites (tertiary alicyclic amines) is 1. The average molecular weight is 298 g/mol. The van der Waals surface area contributed by atoms with Crippen molar-refractivity contribution in [1.82, 2.24) is 0 Å². The summed E-state index contributed by atoms with van der Waals surface area (Å²) in [7, 11) is 1.58. The Labute approximate surface area is 125 Å². The molecule has 1 heterocycles. The first kappa shape index (κ1) is 15.1. The lowest BCUT2D eigenvalue weighted by Crippen LogP contribution is -3.14. The number of piperidine rings is 1. The molecule has 1 unspecified atom stereocenters. The predicted molar refractivity (Wildman–Crippen MR) is 80.6 cm³/mol. The van der Waals surface area contributed by atoms with E-state index >= 15 is 0 Å². The van der Waals surface area contributed by atoms with Gasteiger partial charge >= 0.3 is 0 Å². The van der Waals surface area contributed by atoms with Crippen molar-refractivity contribution < 1.29 is 14.4 Å². The van der Waals surface area contributed by atoms with Crippen LogP contribution in [0.4, 0.5) is 5.69 Å². The van der Waals surface area contributed by atoms with E-state index in [1.165, 1.54) is 17.7 Å². The van der Waals surface area contributed by atoms with Gasteiger partial charge in [-0.15, -0.1) is 0 Å². The normalized spacial score (nSPS) is 22.4. The number of halogens is 1. The number of rotatable bonds is 4. The molecule has 1 aliphatic rings. The maximum absolute atomic E-state index is 12.1. The number of hydrogen-bond acceptors (Lipinski definition) is 2. The molecule has 2 rings (SSSR count). The van der Waals surface area contributed by atoms with Gasteiger partial charge in [-0.05, 0) is 31.0 Å². The van der Waals surface area contributed by atoms with E-state index in [-0.39, 0.29) is 5.91 Å². The predicted octanol–water partition coefficient (Wildman–Crippen LogP) is 1.60. The Morgan fingerprint density at radius 2 is 2.35 bits per heavy atom. The fraction of sp³-hybridized carbons (Fsp3) is 0.533. The highest BCUT2D eigenvalue weighted by Crippen LogP contribution is 2.27. The summed E-state index contributed by atoms with van der Waals surface area (Å²) < 4.78 is 5.23. The third-order valence-corrected chi connectivity index (χ3v) is 3.95. The van der Waals surface area contributed by atoms with Gasteiger partial charge in [0, 0.05) is 10.9 Å². The van der Waals surface area contributed by atoms with Crippen LogP contribution in [0, 0.1) is 5.92 Å². The molecule has 5 heteroatoms. The van der Waals surface area contributed by atoms with Crippen LogP contribution in [0.3, 0.4) is 0 Å². The SMILES string of the molecule is COc1ccc(Cl)cc1NC(=O)C[NH+]1CCC[C@H](C)C1. The summed E-state index contributed by atoms with van der Waals surface area (Å²) in [5.74, 6) is 1.34. The Balaban J connectivity index is 1.95. The van der Waals surface area contributed by atoms with E-state index in [0.717, 1.165) is 13.1 Å². The number of ether oxygens (including phenoxy) is 1. The molecule has 1 amide bonds. The zero-order chi connectivity index (χ0) is 14.5. The molecule has 1 aromatic rings. The molecule has 0 aromatic heterocycles. The molecule has 0 bridgehead atoms. The number of methoxy groups -OCH3 is 1. The number of nitrogens with one attached hydrogen (secondary N) is 2. The standard InChI is InChI=1S/C15H21ClN2O2/c1-11-4-3-7-18(9-11)10-15(19)17-13-8-12(16)5-6-14(13)20-2/h5-6,8,11H,3-4,7,9-10H2,1-2H3,(H,17,19)/p+1/t11-/m0/s1. The number of carbonyl (C=O) groups excluding carboxylic acids is 1. The number of benzene rings is 1. The van der Waals surface area contributed by atoms with Crippen LogP contribution in [-0.4, -0.2) is 32.7 Å². The van der Waals surface area contributed by atoms with Crippen LogP contribution in [0.2, 0.25) is 5.02 Å². The van der Waals surface area contributed by atoms with E-state index in [2.05, 4.69) is 12.2 Å². The van der Waals surface area contributed by atoms with E-state index in [9.17, 15) is 4.79 Å². The molecule has 1 aliphatic heterocycles. The highest BCUT2D eigenvalue weighted by atomic mass is 35.5. The third kappa shape index (κ3) is 4.12. The van der Waals surface area contributed by atoms with Gasteiger partial charge in [-0.25, -0.2) is 0 Å². The first-order valence-corrected chi connectivity index (χ1v) is 7.43. The lowest BCUT2D eigenvalue weighted by molar-refractivity contribution is -0.900. The molecule has 0 radical (unpaired) electrons. The maximum Gasteiger partial charge on any atom is 0.279 e. The number of quaternary nitrogens is 1. The molecular formula is C15H22ClN2O2+. The second kappa shape index (κ2) is 6.95. The van der Waals surface area contributed by atoms with E-state index in [0.29, 0.717) is 28.9 Å². The summed E-state index contributed by atoms with van der Waals surface area (Å²) in [6.07, 6.45) is 2.47. The highest BCUT2D eigenvalue weighted by Gasteiger charge is 2.22. The summed E-state index contributed by atoms with van der Waals surface area (Å²) in [6, 6.07) is 5.22. The van der Waals surface area contributed by atoms with Gasteiger partial charge in [0.05, 0.1) is 25.9 Å². The van der Waals surface area contributed by atoms with Crippen molar-refractivity contribution in [1.29, 1.82) is 0 Å². The molecule has 110 valence electrons. The van der Waals surface area contributed by atoms with Crippen molar-refractivity contribution in [2.45, 2.75) is 19.8 Å². The zero-order valence-electron chi connectivity index (χ0n) is 12.0. The highest BCUT2D eigenvalue weighted by molar-refractivity contribution is 6.31. The number of hydrogen-bond donors (Lipinski definition) is 2. The first-order valence-electron chi connectivity index (χ1n) is 7.05. The summed E-state index contributed by atoms with van der Waals surface area (Å²) in [6.45, 7) is 4.89. The van der Waals surface area contributed by atoms with Gasteiger partial charge < -0.3 is 15.0 Å². The molecule has 4 nitrogen and oxygen atoms in total. The molecule has 20 heavy (non-hydrogen) atoms. The topological polar surface area (TPSA) is 42.8 Å². The van der Waals surface area contributed by atoms with Crippen molar-refractivity contribution >= 4 is 23.2 Å². The Kier molecular flexibility index (Phi) is 5.26. The van der Waals surface area contributed by atoms with Gasteiger partial charge in [-0.1, -0.05) is 18.5 Å². The van der Waals surface area contributed by atoms with Crippen LogP contribution in [0.5, 0.6) is 5.75 Å². The molecule has 2 N–H and O–H groups in total. The largest absolute Gasteiger partial charge is 0.495 e.